The Labute approximate surface area is 160 Å². The van der Waals surface area contributed by atoms with E-state index in [1.54, 1.807) is 6.92 Å². The predicted octanol–water partition coefficient (Wildman–Crippen LogP) is 2.06. The van der Waals surface area contributed by atoms with E-state index in [9.17, 15) is 4.79 Å². The van der Waals surface area contributed by atoms with E-state index in [-0.39, 0.29) is 5.78 Å². The number of piperazine rings is 1. The zero-order valence-electron chi connectivity index (χ0n) is 16.2. The number of ketones is 1. The third kappa shape index (κ3) is 3.44. The molecule has 1 saturated heterocycles. The second-order valence-corrected chi connectivity index (χ2v) is 7.67. The molecule has 138 valence electrons. The van der Waals surface area contributed by atoms with Gasteiger partial charge in [0.05, 0.1) is 44.5 Å². The number of aryl methyl sites for hydroxylation is 2. The summed E-state index contributed by atoms with van der Waals surface area (Å²) in [5.74, 6) is 0.777. The van der Waals surface area contributed by atoms with Crippen LogP contribution in [0.1, 0.15) is 34.1 Å². The molecule has 0 spiro atoms. The molecule has 1 fully saturated rings. The first kappa shape index (κ1) is 18.7. The number of hydrogen-bond acceptors (Lipinski definition) is 4. The zero-order chi connectivity index (χ0) is 19.0. The van der Waals surface area contributed by atoms with E-state index in [0.717, 1.165) is 54.5 Å². The molecule has 26 heavy (non-hydrogen) atoms. The van der Waals surface area contributed by atoms with Crippen molar-refractivity contribution in [3.63, 3.8) is 0 Å². The molecule has 0 aliphatic carbocycles. The van der Waals surface area contributed by atoms with Gasteiger partial charge in [-0.15, -0.1) is 0 Å². The molecule has 2 heterocycles. The highest BCUT2D eigenvalue weighted by atomic mass is 32.1. The van der Waals surface area contributed by atoms with Gasteiger partial charge >= 0.3 is 0 Å². The molecule has 1 aliphatic heterocycles. The number of carbonyl (C=O) groups is 1. The van der Waals surface area contributed by atoms with Crippen LogP contribution >= 0.6 is 12.2 Å². The summed E-state index contributed by atoms with van der Waals surface area (Å²) in [6, 6.07) is 6.26. The Kier molecular flexibility index (Phi) is 5.25. The van der Waals surface area contributed by atoms with Gasteiger partial charge in [0, 0.05) is 5.69 Å². The van der Waals surface area contributed by atoms with E-state index in [1.165, 1.54) is 4.90 Å². The number of likely N-dealkylation sites (N-methyl/N-ethyl adjacent to an activating group) is 1. The van der Waals surface area contributed by atoms with Gasteiger partial charge in [0.1, 0.15) is 5.82 Å². The Morgan fingerprint density at radius 1 is 1.19 bits per heavy atom. The topological polar surface area (TPSA) is 42.6 Å². The van der Waals surface area contributed by atoms with Gasteiger partial charge in [-0.3, -0.25) is 9.36 Å². The minimum atomic E-state index is 0.0327. The van der Waals surface area contributed by atoms with Crippen molar-refractivity contribution in [1.29, 1.82) is 0 Å². The van der Waals surface area contributed by atoms with Crippen molar-refractivity contribution in [3.05, 3.63) is 45.4 Å². The van der Waals surface area contributed by atoms with Gasteiger partial charge in [-0.1, -0.05) is 12.1 Å². The molecule has 1 aliphatic rings. The lowest BCUT2D eigenvalue weighted by Gasteiger charge is -2.32. The lowest BCUT2D eigenvalue weighted by molar-refractivity contribution is -0.880. The largest absolute Gasteiger partial charge is 0.345 e. The molecule has 1 aromatic carbocycles. The summed E-state index contributed by atoms with van der Waals surface area (Å²) in [4.78, 5) is 21.0. The van der Waals surface area contributed by atoms with Gasteiger partial charge in [0.15, 0.2) is 5.78 Å². The SMILES string of the molecule is CC(=O)c1c(N2CC[NH+](C)CC2)nc(=S)n(-c2cc(C)ccc2C)c1C. The van der Waals surface area contributed by atoms with Crippen molar-refractivity contribution in [2.75, 3.05) is 38.1 Å². The number of anilines is 1. The molecule has 0 amide bonds. The summed E-state index contributed by atoms with van der Waals surface area (Å²) in [6.45, 7) is 11.6. The number of nitrogens with zero attached hydrogens (tertiary/aromatic N) is 3. The number of quaternary nitrogens is 1. The first-order valence-corrected chi connectivity index (χ1v) is 9.49. The highest BCUT2D eigenvalue weighted by Gasteiger charge is 2.25. The molecule has 0 bridgehead atoms. The van der Waals surface area contributed by atoms with Gasteiger partial charge in [-0.2, -0.15) is 0 Å². The maximum absolute atomic E-state index is 12.5. The highest BCUT2D eigenvalue weighted by molar-refractivity contribution is 7.71. The number of Topliss-reactive ketones (excluding diaryl/α,β-unsaturated/α-hetero) is 1. The molecular formula is C20H27N4OS+. The smallest absolute Gasteiger partial charge is 0.206 e. The molecule has 5 nitrogen and oxygen atoms in total. The number of rotatable bonds is 3. The quantitative estimate of drug-likeness (QED) is 0.663. The van der Waals surface area contributed by atoms with E-state index in [1.807, 2.05) is 11.5 Å². The maximum atomic E-state index is 12.5. The molecule has 1 aromatic heterocycles. The van der Waals surface area contributed by atoms with Crippen LogP contribution in [0.2, 0.25) is 0 Å². The van der Waals surface area contributed by atoms with Crippen LogP contribution in [-0.2, 0) is 0 Å². The summed E-state index contributed by atoms with van der Waals surface area (Å²) >= 11 is 5.66. The fourth-order valence-corrected chi connectivity index (χ4v) is 3.92. The molecule has 0 radical (unpaired) electrons. The van der Waals surface area contributed by atoms with E-state index in [4.69, 9.17) is 17.2 Å². The average Bonchev–Trinajstić information content (AvgIpc) is 2.57. The van der Waals surface area contributed by atoms with E-state index in [2.05, 4.69) is 44.0 Å². The van der Waals surface area contributed by atoms with Crippen molar-refractivity contribution in [2.45, 2.75) is 27.7 Å². The summed E-state index contributed by atoms with van der Waals surface area (Å²) in [7, 11) is 2.19. The summed E-state index contributed by atoms with van der Waals surface area (Å²) in [5, 5.41) is 0. The molecule has 0 unspecified atom stereocenters. The van der Waals surface area contributed by atoms with Crippen molar-refractivity contribution >= 4 is 23.8 Å². The van der Waals surface area contributed by atoms with Crippen LogP contribution in [0.5, 0.6) is 0 Å². The molecule has 3 rings (SSSR count). The van der Waals surface area contributed by atoms with E-state index < -0.39 is 0 Å². The van der Waals surface area contributed by atoms with Crippen LogP contribution in [0, 0.1) is 25.5 Å². The fourth-order valence-electron chi connectivity index (χ4n) is 3.60. The van der Waals surface area contributed by atoms with Crippen LogP contribution in [0.4, 0.5) is 5.82 Å². The van der Waals surface area contributed by atoms with Crippen molar-refractivity contribution < 1.29 is 9.69 Å². The molecule has 6 heteroatoms. The molecule has 0 atom stereocenters. The first-order chi connectivity index (χ1) is 12.3. The number of carbonyl (C=O) groups excluding carboxylic acids is 1. The lowest BCUT2D eigenvalue weighted by atomic mass is 10.1. The Morgan fingerprint density at radius 2 is 1.85 bits per heavy atom. The molecule has 1 N–H and O–H groups in total. The van der Waals surface area contributed by atoms with Gasteiger partial charge in [0.25, 0.3) is 0 Å². The monoisotopic (exact) mass is 371 g/mol. The number of hydrogen-bond donors (Lipinski definition) is 1. The first-order valence-electron chi connectivity index (χ1n) is 9.08. The minimum absolute atomic E-state index is 0.0327. The Balaban J connectivity index is 2.21. The molecular weight excluding hydrogens is 344 g/mol. The van der Waals surface area contributed by atoms with Crippen molar-refractivity contribution in [2.24, 2.45) is 0 Å². The van der Waals surface area contributed by atoms with Gasteiger partial charge < -0.3 is 9.80 Å². The van der Waals surface area contributed by atoms with Gasteiger partial charge in [-0.05, 0) is 57.1 Å². The summed E-state index contributed by atoms with van der Waals surface area (Å²) < 4.78 is 2.45. The van der Waals surface area contributed by atoms with Crippen LogP contribution in [0.3, 0.4) is 0 Å². The Bertz CT molecular complexity index is 911. The third-order valence-electron chi connectivity index (χ3n) is 5.19. The van der Waals surface area contributed by atoms with Crippen molar-refractivity contribution in [1.82, 2.24) is 9.55 Å². The Hall–Kier alpha value is -2.05. The average molecular weight is 372 g/mol. The standard InChI is InChI=1S/C20H26N4OS/c1-13-6-7-14(2)17(12-13)24-15(3)18(16(4)25)19(21-20(24)26)23-10-8-22(5)9-11-23/h6-7,12H,8-11H2,1-5H3/p+1. The number of benzene rings is 1. The van der Waals surface area contributed by atoms with Crippen molar-refractivity contribution in [3.8, 4) is 5.69 Å². The Morgan fingerprint density at radius 3 is 2.46 bits per heavy atom. The normalized spacial score (nSPS) is 15.3. The predicted molar refractivity (Wildman–Crippen MR) is 107 cm³/mol. The van der Waals surface area contributed by atoms with Crippen LogP contribution in [-0.4, -0.2) is 48.6 Å². The van der Waals surface area contributed by atoms with Gasteiger partial charge in [-0.25, -0.2) is 4.98 Å². The van der Waals surface area contributed by atoms with Crippen LogP contribution in [0.15, 0.2) is 18.2 Å². The molecule has 2 aromatic rings. The fraction of sp³-hybridized carbons (Fsp3) is 0.450. The van der Waals surface area contributed by atoms with E-state index in [0.29, 0.717) is 10.3 Å². The van der Waals surface area contributed by atoms with Gasteiger partial charge in [0.2, 0.25) is 4.77 Å². The minimum Gasteiger partial charge on any atom is -0.345 e. The maximum Gasteiger partial charge on any atom is 0.206 e. The second kappa shape index (κ2) is 7.29. The van der Waals surface area contributed by atoms with E-state index >= 15 is 0 Å². The highest BCUT2D eigenvalue weighted by Crippen LogP contribution is 2.26. The number of aromatic nitrogens is 2. The van der Waals surface area contributed by atoms with Crippen LogP contribution < -0.4 is 9.80 Å². The summed E-state index contributed by atoms with van der Waals surface area (Å²) in [6.07, 6.45) is 0. The van der Waals surface area contributed by atoms with Crippen LogP contribution in [0.25, 0.3) is 5.69 Å². The second-order valence-electron chi connectivity index (χ2n) is 7.30. The number of nitrogens with one attached hydrogen (secondary N) is 1. The third-order valence-corrected chi connectivity index (χ3v) is 5.46. The molecule has 0 saturated carbocycles. The zero-order valence-corrected chi connectivity index (χ0v) is 17.0. The summed E-state index contributed by atoms with van der Waals surface area (Å²) in [5.41, 5.74) is 4.81. The lowest BCUT2D eigenvalue weighted by Crippen LogP contribution is -3.12.